The summed E-state index contributed by atoms with van der Waals surface area (Å²) in [6.45, 7) is 15.1. The van der Waals surface area contributed by atoms with Crippen molar-refractivity contribution < 1.29 is 24.5 Å². The normalized spacial score (nSPS) is 51.1. The van der Waals surface area contributed by atoms with Crippen molar-refractivity contribution in [2.45, 2.75) is 111 Å². The molecule has 4 fully saturated rings. The van der Waals surface area contributed by atoms with Crippen molar-refractivity contribution in [3.05, 3.63) is 11.6 Å². The van der Waals surface area contributed by atoms with Crippen molar-refractivity contribution in [2.24, 2.45) is 45.3 Å². The number of hydrogen-bond acceptors (Lipinski definition) is 5. The number of carbonyl (C=O) groups is 2. The third-order valence-electron chi connectivity index (χ3n) is 12.4. The van der Waals surface area contributed by atoms with Gasteiger partial charge < -0.3 is 14.9 Å². The van der Waals surface area contributed by atoms with E-state index in [4.69, 9.17) is 4.74 Å². The molecule has 5 aliphatic rings. The van der Waals surface area contributed by atoms with Crippen molar-refractivity contribution in [3.63, 3.8) is 0 Å². The second-order valence-corrected chi connectivity index (χ2v) is 14.3. The largest absolute Gasteiger partial charge is 0.395 e. The summed E-state index contributed by atoms with van der Waals surface area (Å²) < 4.78 is 5.63. The number of ether oxygens (including phenoxy) is 1. The molecule has 1 aliphatic heterocycles. The van der Waals surface area contributed by atoms with Crippen molar-refractivity contribution >= 4 is 11.6 Å². The lowest BCUT2D eigenvalue weighted by atomic mass is 9.40. The molecule has 4 aliphatic carbocycles. The molecule has 0 aromatic carbocycles. The standard InChI is InChI=1S/C30H46O5/c1-17(14-21(32)25-26(2,3)35-25)18-10-12-29(6)19-8-9-22-27(4,16-31)23(33)15-24(34)30(22,7)20(19)11-13-28(18,29)5/h8,17-18,20,22,24-25,31,34H,9-16H2,1-7H3/t17-,18+,20-,22-,24+,25-,27+,28-,29+,30+/m0/s1. The maximum Gasteiger partial charge on any atom is 0.164 e. The average molecular weight is 487 g/mol. The molecule has 0 unspecified atom stereocenters. The first kappa shape index (κ1) is 25.6. The van der Waals surface area contributed by atoms with Gasteiger partial charge in [-0.1, -0.05) is 46.3 Å². The molecular weight excluding hydrogens is 440 g/mol. The first-order valence-electron chi connectivity index (χ1n) is 13.9. The van der Waals surface area contributed by atoms with Crippen LogP contribution >= 0.6 is 0 Å². The molecule has 196 valence electrons. The average Bonchev–Trinajstić information content (AvgIpc) is 3.33. The highest BCUT2D eigenvalue weighted by molar-refractivity contribution is 5.87. The van der Waals surface area contributed by atoms with E-state index >= 15 is 0 Å². The predicted octanol–water partition coefficient (Wildman–Crippen LogP) is 4.88. The number of epoxide rings is 1. The molecule has 10 atom stereocenters. The molecule has 0 aromatic rings. The van der Waals surface area contributed by atoms with Crippen LogP contribution in [0.2, 0.25) is 0 Å². The Morgan fingerprint density at radius 1 is 1.14 bits per heavy atom. The van der Waals surface area contributed by atoms with Crippen LogP contribution in [0.4, 0.5) is 0 Å². The molecule has 2 N–H and O–H groups in total. The van der Waals surface area contributed by atoms with E-state index in [2.05, 4.69) is 33.8 Å². The Bertz CT molecular complexity index is 968. The molecule has 5 heteroatoms. The maximum atomic E-state index is 12.9. The van der Waals surface area contributed by atoms with Crippen LogP contribution in [0.15, 0.2) is 11.6 Å². The minimum absolute atomic E-state index is 0.000858. The molecule has 1 heterocycles. The highest BCUT2D eigenvalue weighted by Gasteiger charge is 2.68. The molecule has 0 spiro atoms. The Hall–Kier alpha value is -1.04. The maximum absolute atomic E-state index is 12.9. The number of fused-ring (bicyclic) bond motifs is 5. The van der Waals surface area contributed by atoms with Crippen molar-refractivity contribution in [1.29, 1.82) is 0 Å². The van der Waals surface area contributed by atoms with Gasteiger partial charge in [0.2, 0.25) is 0 Å². The van der Waals surface area contributed by atoms with E-state index in [9.17, 15) is 19.8 Å². The van der Waals surface area contributed by atoms with E-state index in [1.807, 2.05) is 20.8 Å². The molecular formula is C30H46O5. The Labute approximate surface area is 211 Å². The summed E-state index contributed by atoms with van der Waals surface area (Å²) >= 11 is 0. The first-order chi connectivity index (χ1) is 16.2. The van der Waals surface area contributed by atoms with Crippen molar-refractivity contribution in [2.75, 3.05) is 6.61 Å². The molecule has 5 rings (SSSR count). The minimum Gasteiger partial charge on any atom is -0.395 e. The van der Waals surface area contributed by atoms with Gasteiger partial charge in [-0.25, -0.2) is 0 Å². The number of hydrogen-bond donors (Lipinski definition) is 2. The van der Waals surface area contributed by atoms with Crippen molar-refractivity contribution in [1.82, 2.24) is 0 Å². The smallest absolute Gasteiger partial charge is 0.164 e. The van der Waals surface area contributed by atoms with Gasteiger partial charge in [0.15, 0.2) is 5.78 Å². The minimum atomic E-state index is -0.788. The third kappa shape index (κ3) is 3.23. The number of rotatable bonds is 5. The van der Waals surface area contributed by atoms with E-state index in [0.717, 1.165) is 32.1 Å². The van der Waals surface area contributed by atoms with Gasteiger partial charge in [-0.15, -0.1) is 0 Å². The molecule has 3 saturated carbocycles. The van der Waals surface area contributed by atoms with Gasteiger partial charge in [0.05, 0.1) is 23.7 Å². The molecule has 0 amide bonds. The Morgan fingerprint density at radius 2 is 1.80 bits per heavy atom. The van der Waals surface area contributed by atoms with Crippen LogP contribution in [0.3, 0.4) is 0 Å². The van der Waals surface area contributed by atoms with Crippen LogP contribution in [-0.4, -0.2) is 46.2 Å². The zero-order chi connectivity index (χ0) is 25.8. The summed E-state index contributed by atoms with van der Waals surface area (Å²) in [6, 6.07) is 0. The van der Waals surface area contributed by atoms with Gasteiger partial charge in [-0.2, -0.15) is 0 Å². The fourth-order valence-corrected chi connectivity index (χ4v) is 9.77. The van der Waals surface area contributed by atoms with Gasteiger partial charge in [0, 0.05) is 18.3 Å². The molecule has 0 radical (unpaired) electrons. The Morgan fingerprint density at radius 3 is 2.40 bits per heavy atom. The topological polar surface area (TPSA) is 87.1 Å². The summed E-state index contributed by atoms with van der Waals surface area (Å²) in [5.41, 5.74) is 0.114. The number of carbonyl (C=O) groups excluding carboxylic acids is 2. The van der Waals surface area contributed by atoms with Gasteiger partial charge in [0.1, 0.15) is 11.9 Å². The fraction of sp³-hybridized carbons (Fsp3) is 0.867. The van der Waals surface area contributed by atoms with Gasteiger partial charge in [-0.05, 0) is 80.5 Å². The SMILES string of the molecule is C[C@@H](CC(=O)[C@@H]1OC1(C)C)[C@H]1CC[C@]2(C)C3=CC[C@@H]4[C@](C)([C@H](O)CC(=O)[C@]4(C)CO)[C@H]3CC[C@@]12C. The molecule has 1 saturated heterocycles. The van der Waals surface area contributed by atoms with Crippen LogP contribution in [0.1, 0.15) is 93.4 Å². The lowest BCUT2D eigenvalue weighted by Gasteiger charge is -2.64. The van der Waals surface area contributed by atoms with Crippen LogP contribution in [-0.2, 0) is 14.3 Å². The highest BCUT2D eigenvalue weighted by atomic mass is 16.6. The zero-order valence-corrected chi connectivity index (χ0v) is 22.8. The second-order valence-electron chi connectivity index (χ2n) is 14.3. The van der Waals surface area contributed by atoms with E-state index in [0.29, 0.717) is 18.3 Å². The Kier molecular flexibility index (Phi) is 5.66. The first-order valence-corrected chi connectivity index (χ1v) is 13.9. The van der Waals surface area contributed by atoms with Crippen LogP contribution < -0.4 is 0 Å². The van der Waals surface area contributed by atoms with E-state index in [1.165, 1.54) is 5.57 Å². The van der Waals surface area contributed by atoms with E-state index in [1.54, 1.807) is 0 Å². The second kappa shape index (κ2) is 7.74. The number of ketones is 2. The molecule has 0 aromatic heterocycles. The number of Topliss-reactive ketones (excluding diaryl/α,β-unsaturated/α-hetero) is 2. The number of allylic oxidation sites excluding steroid dienone is 2. The number of aliphatic hydroxyl groups is 2. The fourth-order valence-electron chi connectivity index (χ4n) is 9.77. The summed E-state index contributed by atoms with van der Waals surface area (Å²) in [6.07, 6.45) is 7.24. The quantitative estimate of drug-likeness (QED) is 0.427. The van der Waals surface area contributed by atoms with E-state index in [-0.39, 0.29) is 59.0 Å². The third-order valence-corrected chi connectivity index (χ3v) is 12.4. The monoisotopic (exact) mass is 486 g/mol. The van der Waals surface area contributed by atoms with Crippen molar-refractivity contribution in [3.8, 4) is 0 Å². The van der Waals surface area contributed by atoms with Gasteiger partial charge in [-0.3, -0.25) is 9.59 Å². The van der Waals surface area contributed by atoms with E-state index < -0.39 is 16.9 Å². The van der Waals surface area contributed by atoms with Crippen LogP contribution in [0.25, 0.3) is 0 Å². The summed E-state index contributed by atoms with van der Waals surface area (Å²) in [5.74, 6) is 1.22. The summed E-state index contributed by atoms with van der Waals surface area (Å²) in [5, 5.41) is 21.6. The summed E-state index contributed by atoms with van der Waals surface area (Å²) in [4.78, 5) is 25.8. The molecule has 0 bridgehead atoms. The molecule has 5 nitrogen and oxygen atoms in total. The van der Waals surface area contributed by atoms with Gasteiger partial charge >= 0.3 is 0 Å². The highest BCUT2D eigenvalue weighted by Crippen LogP contribution is 2.73. The zero-order valence-electron chi connectivity index (χ0n) is 22.8. The lowest BCUT2D eigenvalue weighted by molar-refractivity contribution is -0.176. The Balaban J connectivity index is 1.44. The summed E-state index contributed by atoms with van der Waals surface area (Å²) in [7, 11) is 0. The van der Waals surface area contributed by atoms with Gasteiger partial charge in [0.25, 0.3) is 0 Å². The van der Waals surface area contributed by atoms with Crippen LogP contribution in [0, 0.1) is 45.3 Å². The number of aliphatic hydroxyl groups excluding tert-OH is 2. The lowest BCUT2D eigenvalue weighted by Crippen LogP contribution is -2.63. The predicted molar refractivity (Wildman–Crippen MR) is 135 cm³/mol. The molecule has 35 heavy (non-hydrogen) atoms. The van der Waals surface area contributed by atoms with Crippen LogP contribution in [0.5, 0.6) is 0 Å².